The Morgan fingerprint density at radius 3 is 2.68 bits per heavy atom. The van der Waals surface area contributed by atoms with Gasteiger partial charge in [0, 0.05) is 11.4 Å². The van der Waals surface area contributed by atoms with Crippen molar-refractivity contribution in [3.8, 4) is 0 Å². The number of esters is 1. The molecule has 25 heavy (non-hydrogen) atoms. The molecule has 138 valence electrons. The largest absolute Gasteiger partial charge is 0.448 e. The van der Waals surface area contributed by atoms with Crippen LogP contribution >= 0.6 is 11.3 Å². The minimum atomic E-state index is -0.738. The predicted molar refractivity (Wildman–Crippen MR) is 100 cm³/mol. The zero-order chi connectivity index (χ0) is 17.6. The van der Waals surface area contributed by atoms with Gasteiger partial charge in [0.15, 0.2) is 6.10 Å². The molecule has 2 aliphatic rings. The van der Waals surface area contributed by atoms with Gasteiger partial charge in [-0.05, 0) is 63.0 Å². The summed E-state index contributed by atoms with van der Waals surface area (Å²) in [5, 5.41) is 2.95. The van der Waals surface area contributed by atoms with Crippen molar-refractivity contribution in [1.82, 2.24) is 5.32 Å². The van der Waals surface area contributed by atoms with E-state index in [0.29, 0.717) is 17.3 Å². The standard InChI is InChI=1S/C20H29NO3S/c1-14(19(22)21-13-15-8-4-2-5-9-15)24-20(23)18-12-16-10-6-3-7-11-17(16)25-18/h12,14-15H,2-11,13H2,1H3,(H,21,22)/t14-/m1/s1. The first-order valence-electron chi connectivity index (χ1n) is 9.74. The fraction of sp³-hybridized carbons (Fsp3) is 0.700. The second-order valence-corrected chi connectivity index (χ2v) is 8.55. The Kier molecular flexibility index (Phi) is 6.51. The number of fused-ring (bicyclic) bond motifs is 1. The molecule has 0 bridgehead atoms. The first-order valence-corrected chi connectivity index (χ1v) is 10.6. The van der Waals surface area contributed by atoms with Crippen molar-refractivity contribution in [3.63, 3.8) is 0 Å². The van der Waals surface area contributed by atoms with E-state index in [2.05, 4.69) is 5.32 Å². The molecule has 1 saturated carbocycles. The molecule has 2 aliphatic carbocycles. The maximum absolute atomic E-state index is 12.4. The highest BCUT2D eigenvalue weighted by Crippen LogP contribution is 2.29. The van der Waals surface area contributed by atoms with E-state index in [1.807, 2.05) is 6.07 Å². The molecular formula is C20H29NO3S. The number of rotatable bonds is 5. The summed E-state index contributed by atoms with van der Waals surface area (Å²) >= 11 is 1.54. The molecule has 0 spiro atoms. The molecule has 1 amide bonds. The third-order valence-corrected chi connectivity index (χ3v) is 6.61. The fourth-order valence-corrected chi connectivity index (χ4v) is 4.96. The summed E-state index contributed by atoms with van der Waals surface area (Å²) in [6.45, 7) is 2.36. The Morgan fingerprint density at radius 1 is 1.16 bits per heavy atom. The molecule has 1 aromatic rings. The minimum Gasteiger partial charge on any atom is -0.448 e. The monoisotopic (exact) mass is 363 g/mol. The van der Waals surface area contributed by atoms with Gasteiger partial charge < -0.3 is 10.1 Å². The van der Waals surface area contributed by atoms with Crippen molar-refractivity contribution in [2.24, 2.45) is 5.92 Å². The highest BCUT2D eigenvalue weighted by molar-refractivity contribution is 7.14. The first kappa shape index (κ1) is 18.4. The normalized spacial score (nSPS) is 19.6. The van der Waals surface area contributed by atoms with Crippen molar-refractivity contribution in [1.29, 1.82) is 0 Å². The molecule has 1 atom stereocenters. The second kappa shape index (κ2) is 8.84. The van der Waals surface area contributed by atoms with Gasteiger partial charge in [-0.3, -0.25) is 4.79 Å². The summed E-state index contributed by atoms with van der Waals surface area (Å²) < 4.78 is 5.41. The van der Waals surface area contributed by atoms with Crippen molar-refractivity contribution < 1.29 is 14.3 Å². The molecule has 0 radical (unpaired) electrons. The number of thiophene rings is 1. The lowest BCUT2D eigenvalue weighted by atomic mass is 9.89. The van der Waals surface area contributed by atoms with Crippen molar-refractivity contribution >= 4 is 23.2 Å². The maximum atomic E-state index is 12.4. The summed E-state index contributed by atoms with van der Waals surface area (Å²) in [7, 11) is 0. The average molecular weight is 364 g/mol. The van der Waals surface area contributed by atoms with E-state index in [1.165, 1.54) is 61.8 Å². The summed E-state index contributed by atoms with van der Waals surface area (Å²) in [4.78, 5) is 26.5. The van der Waals surface area contributed by atoms with Crippen molar-refractivity contribution in [3.05, 3.63) is 21.4 Å². The molecule has 1 heterocycles. The van der Waals surface area contributed by atoms with Crippen LogP contribution in [0.25, 0.3) is 0 Å². The maximum Gasteiger partial charge on any atom is 0.349 e. The molecule has 4 nitrogen and oxygen atoms in total. The Bertz CT molecular complexity index is 581. The molecule has 1 fully saturated rings. The number of nitrogens with one attached hydrogen (secondary N) is 1. The van der Waals surface area contributed by atoms with Gasteiger partial charge >= 0.3 is 5.97 Å². The number of hydrogen-bond acceptors (Lipinski definition) is 4. The van der Waals surface area contributed by atoms with Crippen LogP contribution in [-0.4, -0.2) is 24.5 Å². The van der Waals surface area contributed by atoms with E-state index in [0.717, 1.165) is 12.8 Å². The molecule has 3 rings (SSSR count). The lowest BCUT2D eigenvalue weighted by molar-refractivity contribution is -0.129. The van der Waals surface area contributed by atoms with Crippen molar-refractivity contribution in [2.45, 2.75) is 77.2 Å². The average Bonchev–Trinajstić information content (AvgIpc) is 2.91. The number of carbonyl (C=O) groups excluding carboxylic acids is 2. The van der Waals surface area contributed by atoms with E-state index < -0.39 is 6.10 Å². The Balaban J connectivity index is 1.48. The highest BCUT2D eigenvalue weighted by atomic mass is 32.1. The predicted octanol–water partition coefficient (Wildman–Crippen LogP) is 4.26. The second-order valence-electron chi connectivity index (χ2n) is 7.42. The zero-order valence-electron chi connectivity index (χ0n) is 15.1. The van der Waals surface area contributed by atoms with E-state index in [1.54, 1.807) is 18.3 Å². The van der Waals surface area contributed by atoms with Gasteiger partial charge in [0.05, 0.1) is 0 Å². The van der Waals surface area contributed by atoms with E-state index in [4.69, 9.17) is 4.74 Å². The molecule has 1 aromatic heterocycles. The number of amides is 1. The first-order chi connectivity index (χ1) is 12.1. The zero-order valence-corrected chi connectivity index (χ0v) is 16.0. The number of carbonyl (C=O) groups is 2. The summed E-state index contributed by atoms with van der Waals surface area (Å²) in [5.74, 6) is 0.0315. The van der Waals surface area contributed by atoms with Crippen LogP contribution in [-0.2, 0) is 22.4 Å². The van der Waals surface area contributed by atoms with E-state index >= 15 is 0 Å². The van der Waals surface area contributed by atoms with Crippen LogP contribution in [0.1, 0.15) is 78.4 Å². The topological polar surface area (TPSA) is 55.4 Å². The molecule has 0 unspecified atom stereocenters. The van der Waals surface area contributed by atoms with Crippen LogP contribution in [0.15, 0.2) is 6.07 Å². The number of aryl methyl sites for hydroxylation is 2. The fourth-order valence-electron chi connectivity index (χ4n) is 3.82. The van der Waals surface area contributed by atoms with Crippen LogP contribution in [0, 0.1) is 5.92 Å². The van der Waals surface area contributed by atoms with Gasteiger partial charge in [-0.2, -0.15) is 0 Å². The molecule has 5 heteroatoms. The molecule has 0 aliphatic heterocycles. The quantitative estimate of drug-likeness (QED) is 0.628. The Labute approximate surface area is 154 Å². The molecule has 0 aromatic carbocycles. The van der Waals surface area contributed by atoms with E-state index in [9.17, 15) is 9.59 Å². The van der Waals surface area contributed by atoms with Crippen LogP contribution in [0.3, 0.4) is 0 Å². The third-order valence-electron chi connectivity index (χ3n) is 5.39. The highest BCUT2D eigenvalue weighted by Gasteiger charge is 2.23. The van der Waals surface area contributed by atoms with Gasteiger partial charge in [0.2, 0.25) is 0 Å². The lowest BCUT2D eigenvalue weighted by Gasteiger charge is -2.22. The van der Waals surface area contributed by atoms with E-state index in [-0.39, 0.29) is 11.9 Å². The third kappa shape index (κ3) is 5.06. The molecule has 1 N–H and O–H groups in total. The lowest BCUT2D eigenvalue weighted by Crippen LogP contribution is -2.38. The summed E-state index contributed by atoms with van der Waals surface area (Å²) in [5.41, 5.74) is 1.30. The smallest absolute Gasteiger partial charge is 0.349 e. The van der Waals surface area contributed by atoms with Crippen LogP contribution in [0.5, 0.6) is 0 Å². The van der Waals surface area contributed by atoms with Crippen LogP contribution in [0.4, 0.5) is 0 Å². The number of ether oxygens (including phenoxy) is 1. The van der Waals surface area contributed by atoms with Gasteiger partial charge in [-0.15, -0.1) is 11.3 Å². The van der Waals surface area contributed by atoms with Gasteiger partial charge in [-0.1, -0.05) is 25.7 Å². The Morgan fingerprint density at radius 2 is 1.88 bits per heavy atom. The number of hydrogen-bond donors (Lipinski definition) is 1. The van der Waals surface area contributed by atoms with Gasteiger partial charge in [-0.25, -0.2) is 4.79 Å². The SMILES string of the molecule is C[C@@H](OC(=O)c1cc2c(s1)CCCCC2)C(=O)NCC1CCCCC1. The summed E-state index contributed by atoms with van der Waals surface area (Å²) in [6.07, 6.45) is 11.2. The minimum absolute atomic E-state index is 0.183. The van der Waals surface area contributed by atoms with Crippen molar-refractivity contribution in [2.75, 3.05) is 6.54 Å². The molecule has 0 saturated heterocycles. The van der Waals surface area contributed by atoms with Gasteiger partial charge in [0.1, 0.15) is 4.88 Å². The summed E-state index contributed by atoms with van der Waals surface area (Å²) in [6, 6.07) is 1.97. The van der Waals surface area contributed by atoms with Crippen LogP contribution < -0.4 is 5.32 Å². The molecular weight excluding hydrogens is 334 g/mol. The Hall–Kier alpha value is -1.36. The van der Waals surface area contributed by atoms with Crippen LogP contribution in [0.2, 0.25) is 0 Å². The van der Waals surface area contributed by atoms with Gasteiger partial charge in [0.25, 0.3) is 5.91 Å².